The van der Waals surface area contributed by atoms with Crippen LogP contribution in [-0.2, 0) is 6.42 Å². The topological polar surface area (TPSA) is 18.5 Å². The number of benzene rings is 2. The van der Waals surface area contributed by atoms with Gasteiger partial charge in [0.2, 0.25) is 0 Å². The third-order valence-electron chi connectivity index (χ3n) is 2.63. The predicted octanol–water partition coefficient (Wildman–Crippen LogP) is 3.09. The molecule has 2 rings (SSSR count). The summed E-state index contributed by atoms with van der Waals surface area (Å²) in [7, 11) is 3.31. The van der Waals surface area contributed by atoms with Gasteiger partial charge in [-0.3, -0.25) is 0 Å². The van der Waals surface area contributed by atoms with Crippen molar-refractivity contribution in [3.8, 4) is 11.5 Å². The molecule has 0 atom stereocenters. The maximum Gasteiger partial charge on any atom is 0.130 e. The summed E-state index contributed by atoms with van der Waals surface area (Å²) >= 11 is 0. The predicted molar refractivity (Wildman–Crippen MR) is 67.6 cm³/mol. The SMILES string of the molecule is COc1c[c]c(OC)c(Cc2ccccc2)c1. The highest BCUT2D eigenvalue weighted by Gasteiger charge is 2.06. The van der Waals surface area contributed by atoms with Crippen LogP contribution in [0.2, 0.25) is 0 Å². The Morgan fingerprint density at radius 2 is 1.82 bits per heavy atom. The lowest BCUT2D eigenvalue weighted by atomic mass is 10.0. The van der Waals surface area contributed by atoms with Crippen LogP contribution < -0.4 is 9.47 Å². The molecule has 0 saturated carbocycles. The molecule has 0 aliphatic carbocycles. The molecule has 0 aliphatic heterocycles. The van der Waals surface area contributed by atoms with Gasteiger partial charge in [-0.15, -0.1) is 0 Å². The first-order valence-electron chi connectivity index (χ1n) is 5.50. The maximum absolute atomic E-state index is 5.31. The summed E-state index contributed by atoms with van der Waals surface area (Å²) in [5, 5.41) is 0. The van der Waals surface area contributed by atoms with Gasteiger partial charge in [-0.2, -0.15) is 0 Å². The molecule has 17 heavy (non-hydrogen) atoms. The molecule has 2 nitrogen and oxygen atoms in total. The van der Waals surface area contributed by atoms with Gasteiger partial charge in [-0.05, 0) is 17.7 Å². The normalized spacial score (nSPS) is 10.0. The molecule has 2 aromatic rings. The fourth-order valence-electron chi connectivity index (χ4n) is 1.76. The number of hydrogen-bond donors (Lipinski definition) is 0. The van der Waals surface area contributed by atoms with Crippen LogP contribution in [0, 0.1) is 6.07 Å². The van der Waals surface area contributed by atoms with E-state index in [4.69, 9.17) is 9.47 Å². The van der Waals surface area contributed by atoms with E-state index in [0.29, 0.717) is 0 Å². The van der Waals surface area contributed by atoms with E-state index in [-0.39, 0.29) is 0 Å². The number of rotatable bonds is 4. The van der Waals surface area contributed by atoms with Crippen molar-refractivity contribution in [1.82, 2.24) is 0 Å². The molecular weight excluding hydrogens is 212 g/mol. The van der Waals surface area contributed by atoms with Crippen LogP contribution in [0.15, 0.2) is 42.5 Å². The van der Waals surface area contributed by atoms with Gasteiger partial charge in [0.1, 0.15) is 11.5 Å². The van der Waals surface area contributed by atoms with E-state index in [1.54, 1.807) is 20.3 Å². The van der Waals surface area contributed by atoms with Gasteiger partial charge < -0.3 is 9.47 Å². The first kappa shape index (κ1) is 11.5. The van der Waals surface area contributed by atoms with E-state index in [1.807, 2.05) is 24.3 Å². The molecule has 0 fully saturated rings. The zero-order chi connectivity index (χ0) is 12.1. The summed E-state index contributed by atoms with van der Waals surface area (Å²) < 4.78 is 10.5. The highest BCUT2D eigenvalue weighted by atomic mass is 16.5. The standard InChI is InChI=1S/C15H15O2/c1-16-14-8-9-15(17-2)13(11-14)10-12-6-4-3-5-7-12/h3-8,11H,10H2,1-2H3. The number of methoxy groups -OCH3 is 2. The quantitative estimate of drug-likeness (QED) is 0.799. The Morgan fingerprint density at radius 3 is 2.47 bits per heavy atom. The Kier molecular flexibility index (Phi) is 3.66. The molecule has 0 amide bonds. The van der Waals surface area contributed by atoms with E-state index >= 15 is 0 Å². The van der Waals surface area contributed by atoms with Gasteiger partial charge in [-0.1, -0.05) is 30.3 Å². The monoisotopic (exact) mass is 227 g/mol. The summed E-state index contributed by atoms with van der Waals surface area (Å²) in [6.45, 7) is 0. The molecule has 2 aromatic carbocycles. The minimum atomic E-state index is 0.773. The number of ether oxygens (including phenoxy) is 2. The molecule has 0 unspecified atom stereocenters. The molecule has 0 spiro atoms. The zero-order valence-corrected chi connectivity index (χ0v) is 10.1. The summed E-state index contributed by atoms with van der Waals surface area (Å²) in [5.41, 5.74) is 2.32. The van der Waals surface area contributed by atoms with E-state index in [2.05, 4.69) is 18.2 Å². The first-order chi connectivity index (χ1) is 8.33. The van der Waals surface area contributed by atoms with Crippen LogP contribution in [0.3, 0.4) is 0 Å². The Bertz CT molecular complexity index is 478. The molecule has 0 N–H and O–H groups in total. The van der Waals surface area contributed by atoms with E-state index in [9.17, 15) is 0 Å². The molecule has 1 radical (unpaired) electrons. The minimum Gasteiger partial charge on any atom is -0.497 e. The molecule has 0 saturated heterocycles. The van der Waals surface area contributed by atoms with Crippen LogP contribution >= 0.6 is 0 Å². The van der Waals surface area contributed by atoms with Gasteiger partial charge in [-0.25, -0.2) is 0 Å². The van der Waals surface area contributed by atoms with Crippen molar-refractivity contribution in [2.45, 2.75) is 6.42 Å². The van der Waals surface area contributed by atoms with Crippen molar-refractivity contribution >= 4 is 0 Å². The van der Waals surface area contributed by atoms with Gasteiger partial charge in [0.15, 0.2) is 0 Å². The van der Waals surface area contributed by atoms with Crippen molar-refractivity contribution in [2.75, 3.05) is 14.2 Å². The maximum atomic E-state index is 5.31. The van der Waals surface area contributed by atoms with Crippen LogP contribution in [0.5, 0.6) is 11.5 Å². The average Bonchev–Trinajstić information content (AvgIpc) is 2.40. The number of hydrogen-bond acceptors (Lipinski definition) is 2. The van der Waals surface area contributed by atoms with Crippen molar-refractivity contribution < 1.29 is 9.47 Å². The van der Waals surface area contributed by atoms with E-state index < -0.39 is 0 Å². The Labute approximate surface area is 102 Å². The summed E-state index contributed by atoms with van der Waals surface area (Å²) in [6.07, 6.45) is 0.817. The highest BCUT2D eigenvalue weighted by molar-refractivity contribution is 5.42. The Morgan fingerprint density at radius 1 is 1.06 bits per heavy atom. The Hall–Kier alpha value is -1.96. The van der Waals surface area contributed by atoms with Gasteiger partial charge >= 0.3 is 0 Å². The lowest BCUT2D eigenvalue weighted by Crippen LogP contribution is -1.95. The molecule has 0 aromatic heterocycles. The molecule has 2 heteroatoms. The van der Waals surface area contributed by atoms with Gasteiger partial charge in [0, 0.05) is 18.1 Å². The lowest BCUT2D eigenvalue weighted by Gasteiger charge is -2.10. The van der Waals surface area contributed by atoms with Gasteiger partial charge in [0.05, 0.1) is 14.2 Å². The summed E-state index contributed by atoms with van der Waals surface area (Å²) in [6, 6.07) is 17.1. The molecule has 0 heterocycles. The fraction of sp³-hybridized carbons (Fsp3) is 0.200. The molecule has 0 bridgehead atoms. The van der Waals surface area contributed by atoms with Crippen molar-refractivity contribution in [3.05, 3.63) is 59.7 Å². The van der Waals surface area contributed by atoms with Crippen LogP contribution in [-0.4, -0.2) is 14.2 Å². The second kappa shape index (κ2) is 5.39. The van der Waals surface area contributed by atoms with Crippen molar-refractivity contribution in [1.29, 1.82) is 0 Å². The molecule has 87 valence electrons. The second-order valence-electron chi connectivity index (χ2n) is 3.76. The van der Waals surface area contributed by atoms with E-state index in [1.165, 1.54) is 5.56 Å². The fourth-order valence-corrected chi connectivity index (χ4v) is 1.76. The zero-order valence-electron chi connectivity index (χ0n) is 10.1. The first-order valence-corrected chi connectivity index (χ1v) is 5.50. The minimum absolute atomic E-state index is 0.773. The van der Waals surface area contributed by atoms with E-state index in [0.717, 1.165) is 23.5 Å². The van der Waals surface area contributed by atoms with Gasteiger partial charge in [0.25, 0.3) is 0 Å². The van der Waals surface area contributed by atoms with Crippen molar-refractivity contribution in [2.24, 2.45) is 0 Å². The van der Waals surface area contributed by atoms with Crippen LogP contribution in [0.1, 0.15) is 11.1 Å². The summed E-state index contributed by atoms with van der Waals surface area (Å²) in [5.74, 6) is 1.58. The smallest absolute Gasteiger partial charge is 0.130 e. The Balaban J connectivity index is 2.30. The van der Waals surface area contributed by atoms with Crippen LogP contribution in [0.25, 0.3) is 0 Å². The van der Waals surface area contributed by atoms with Crippen molar-refractivity contribution in [3.63, 3.8) is 0 Å². The third-order valence-corrected chi connectivity index (χ3v) is 2.63. The molecule has 0 aliphatic rings. The lowest BCUT2D eigenvalue weighted by molar-refractivity contribution is 0.398. The van der Waals surface area contributed by atoms with Crippen LogP contribution in [0.4, 0.5) is 0 Å². The third kappa shape index (κ3) is 2.78. The molecular formula is C15H15O2. The second-order valence-corrected chi connectivity index (χ2v) is 3.76. The summed E-state index contributed by atoms with van der Waals surface area (Å²) in [4.78, 5) is 0. The highest BCUT2D eigenvalue weighted by Crippen LogP contribution is 2.25. The largest absolute Gasteiger partial charge is 0.497 e. The average molecular weight is 227 g/mol.